The Kier molecular flexibility index (Phi) is 3.84. The summed E-state index contributed by atoms with van der Waals surface area (Å²) in [6.07, 6.45) is 0. The van der Waals surface area contributed by atoms with Gasteiger partial charge >= 0.3 is 62.5 Å². The van der Waals surface area contributed by atoms with Crippen molar-refractivity contribution in [3.63, 3.8) is 0 Å². The molecule has 0 atom stereocenters. The molecule has 46 valence electrons. The van der Waals surface area contributed by atoms with Gasteiger partial charge in [0, 0.05) is 0 Å². The summed E-state index contributed by atoms with van der Waals surface area (Å²) in [5.74, 6) is 9.90. The predicted molar refractivity (Wildman–Crippen MR) is 44.9 cm³/mol. The molecule has 2 heteroatoms. The van der Waals surface area contributed by atoms with E-state index in [0.717, 1.165) is 5.33 Å². The molecule has 0 bridgehead atoms. The first-order chi connectivity index (χ1) is 3.56. The zero-order chi connectivity index (χ0) is 6.62. The van der Waals surface area contributed by atoms with E-state index in [2.05, 4.69) is 43.9 Å². The van der Waals surface area contributed by atoms with Gasteiger partial charge in [0.2, 0.25) is 0 Å². The number of hydrogen-bond donors (Lipinski definition) is 0. The van der Waals surface area contributed by atoms with Gasteiger partial charge in [0.15, 0.2) is 0 Å². The number of halogens is 1. The Balaban J connectivity index is 3.69. The molecule has 0 aliphatic rings. The minimum atomic E-state index is -1.50. The molecule has 0 rings (SSSR count). The Bertz CT molecular complexity index is 113. The fraction of sp³-hybridized carbons (Fsp3) is 0.667. The first kappa shape index (κ1) is 8.58. The van der Waals surface area contributed by atoms with Crippen LogP contribution in [0.25, 0.3) is 0 Å². The molecule has 0 fully saturated rings. The van der Waals surface area contributed by atoms with Gasteiger partial charge in [0.05, 0.1) is 0 Å². The van der Waals surface area contributed by atoms with Gasteiger partial charge in [-0.3, -0.25) is 0 Å². The van der Waals surface area contributed by atoms with Gasteiger partial charge in [0.25, 0.3) is 0 Å². The summed E-state index contributed by atoms with van der Waals surface area (Å²) in [6.45, 7) is 0. The van der Waals surface area contributed by atoms with Crippen LogP contribution in [0.3, 0.4) is 0 Å². The maximum atomic E-state index is 3.26. The third-order valence-corrected chi connectivity index (χ3v) is 2.76. The van der Waals surface area contributed by atoms with E-state index >= 15 is 0 Å². The monoisotopic (exact) mass is 236 g/mol. The van der Waals surface area contributed by atoms with Crippen molar-refractivity contribution >= 4 is 29.2 Å². The van der Waals surface area contributed by atoms with Crippen LogP contribution in [-0.2, 0) is 0 Å². The summed E-state index contributed by atoms with van der Waals surface area (Å²) in [5.41, 5.74) is 0. The number of alkyl halides is 1. The topological polar surface area (TPSA) is 0 Å². The molecule has 0 amide bonds. The van der Waals surface area contributed by atoms with Gasteiger partial charge in [-0.25, -0.2) is 0 Å². The molecule has 0 saturated carbocycles. The van der Waals surface area contributed by atoms with Crippen LogP contribution in [0.15, 0.2) is 0 Å². The van der Waals surface area contributed by atoms with E-state index in [0.29, 0.717) is 0 Å². The molecule has 0 spiro atoms. The van der Waals surface area contributed by atoms with Crippen LogP contribution in [0.1, 0.15) is 0 Å². The van der Waals surface area contributed by atoms with Crippen molar-refractivity contribution in [1.29, 1.82) is 0 Å². The number of rotatable bonds is 0. The van der Waals surface area contributed by atoms with Gasteiger partial charge in [-0.05, 0) is 0 Å². The Morgan fingerprint density at radius 3 is 2.00 bits per heavy atom. The Labute approximate surface area is 62.5 Å². The predicted octanol–water partition coefficient (Wildman–Crippen LogP) is 2.26. The molecule has 0 N–H and O–H groups in total. The van der Waals surface area contributed by atoms with Crippen molar-refractivity contribution in [1.82, 2.24) is 0 Å². The summed E-state index contributed by atoms with van der Waals surface area (Å²) < 4.78 is 3.26. The summed E-state index contributed by atoms with van der Waals surface area (Å²) >= 11 is 1.76. The zero-order valence-corrected chi connectivity index (χ0v) is 9.27. The van der Waals surface area contributed by atoms with Gasteiger partial charge in [-0.15, -0.1) is 0 Å². The van der Waals surface area contributed by atoms with Crippen molar-refractivity contribution in [2.45, 2.75) is 17.3 Å². The molecule has 0 aliphatic carbocycles. The van der Waals surface area contributed by atoms with Crippen LogP contribution < -0.4 is 0 Å². The van der Waals surface area contributed by atoms with Crippen LogP contribution in [0.4, 0.5) is 0 Å². The molecule has 0 aliphatic heterocycles. The first-order valence-corrected chi connectivity index (χ1v) is 11.1. The zero-order valence-electron chi connectivity index (χ0n) is 5.59. The van der Waals surface area contributed by atoms with Crippen molar-refractivity contribution in [2.75, 3.05) is 5.33 Å². The summed E-state index contributed by atoms with van der Waals surface area (Å²) in [7, 11) is 0. The van der Waals surface area contributed by atoms with E-state index in [1.807, 2.05) is 0 Å². The fourth-order valence-electron chi connectivity index (χ4n) is 0.299. The van der Waals surface area contributed by atoms with Crippen LogP contribution in [0.5, 0.6) is 0 Å². The second-order valence-corrected chi connectivity index (χ2v) is 13.2. The number of hydrogen-bond acceptors (Lipinski definition) is 0. The molecule has 0 aromatic carbocycles. The molecule has 0 unspecified atom stereocenters. The van der Waals surface area contributed by atoms with E-state index in [4.69, 9.17) is 0 Å². The van der Waals surface area contributed by atoms with E-state index in [9.17, 15) is 0 Å². The van der Waals surface area contributed by atoms with Gasteiger partial charge in [-0.1, -0.05) is 0 Å². The summed E-state index contributed by atoms with van der Waals surface area (Å²) in [4.78, 5) is 0. The quantitative estimate of drug-likeness (QED) is 0.343. The van der Waals surface area contributed by atoms with Crippen molar-refractivity contribution in [3.05, 3.63) is 0 Å². The molecular weight excluding hydrogens is 225 g/mol. The summed E-state index contributed by atoms with van der Waals surface area (Å²) in [5, 5.41) is 0.829. The molecule has 8 heavy (non-hydrogen) atoms. The van der Waals surface area contributed by atoms with Crippen LogP contribution >= 0.6 is 15.9 Å². The molecule has 0 saturated heterocycles. The summed E-state index contributed by atoms with van der Waals surface area (Å²) in [6, 6.07) is 0. The Morgan fingerprint density at radius 2 is 1.88 bits per heavy atom. The van der Waals surface area contributed by atoms with Crippen molar-refractivity contribution < 1.29 is 0 Å². The van der Waals surface area contributed by atoms with E-state index < -0.39 is 13.3 Å². The van der Waals surface area contributed by atoms with Gasteiger partial charge in [-0.2, -0.15) is 0 Å². The maximum absolute atomic E-state index is 3.26. The standard InChI is InChI=1S/C6H11BrGe/c1-8(2,3)6-4-5-7/h5H2,1-3H3. The van der Waals surface area contributed by atoms with Crippen LogP contribution in [0, 0.1) is 10.7 Å². The second-order valence-electron chi connectivity index (χ2n) is 2.69. The molecule has 0 aromatic rings. The molecule has 0 aromatic heterocycles. The van der Waals surface area contributed by atoms with Gasteiger partial charge in [0.1, 0.15) is 0 Å². The first-order valence-electron chi connectivity index (χ1n) is 2.62. The van der Waals surface area contributed by atoms with E-state index in [1.165, 1.54) is 0 Å². The van der Waals surface area contributed by atoms with E-state index in [1.54, 1.807) is 0 Å². The molecule has 0 heterocycles. The third-order valence-electron chi connectivity index (χ3n) is 0.530. The SMILES string of the molecule is [CH3][Ge]([CH3])([CH3])[C]#CCBr. The Morgan fingerprint density at radius 1 is 1.38 bits per heavy atom. The average Bonchev–Trinajstić information content (AvgIpc) is 1.59. The van der Waals surface area contributed by atoms with Crippen LogP contribution in [-0.4, -0.2) is 18.6 Å². The van der Waals surface area contributed by atoms with Gasteiger partial charge < -0.3 is 0 Å². The Hall–Kier alpha value is 0.583. The third kappa shape index (κ3) is 6.58. The minimum absolute atomic E-state index is 0.829. The second kappa shape index (κ2) is 3.58. The average molecular weight is 236 g/mol. The van der Waals surface area contributed by atoms with Crippen LogP contribution in [0.2, 0.25) is 17.3 Å². The molecule has 0 radical (unpaired) electrons. The van der Waals surface area contributed by atoms with Crippen molar-refractivity contribution in [2.24, 2.45) is 0 Å². The molecule has 0 nitrogen and oxygen atoms in total. The van der Waals surface area contributed by atoms with E-state index in [-0.39, 0.29) is 0 Å². The normalized spacial score (nSPS) is 10.0. The van der Waals surface area contributed by atoms with Crippen molar-refractivity contribution in [3.8, 4) is 10.7 Å². The molecular formula is C6H11BrGe. The fourth-order valence-corrected chi connectivity index (χ4v) is 2.28.